The molecule has 5 nitrogen and oxygen atoms in total. The van der Waals surface area contributed by atoms with Crippen LogP contribution in [0.15, 0.2) is 48.8 Å². The molecule has 0 fully saturated rings. The second-order valence-electron chi connectivity index (χ2n) is 6.15. The molecule has 2 N–H and O–H groups in total. The van der Waals surface area contributed by atoms with Crippen molar-refractivity contribution >= 4 is 34.7 Å². The quantitative estimate of drug-likeness (QED) is 0.678. The van der Waals surface area contributed by atoms with E-state index in [1.165, 1.54) is 12.4 Å². The molecule has 0 bridgehead atoms. The maximum absolute atomic E-state index is 12.5. The molecule has 26 heavy (non-hydrogen) atoms. The first-order valence-electron chi connectivity index (χ1n) is 8.16. The number of hydrogen-bond donors (Lipinski definition) is 2. The van der Waals surface area contributed by atoms with Gasteiger partial charge in [-0.3, -0.25) is 4.79 Å². The number of nitrogens with one attached hydrogen (secondary N) is 2. The zero-order chi connectivity index (χ0) is 18.7. The summed E-state index contributed by atoms with van der Waals surface area (Å²) in [5.74, 6) is 0.244. The number of amides is 1. The SMILES string of the molecule is Cc1cc(C)c(NC(=O)c2cnc(Nc3cccc(Cl)c3)cn2)c(C)c1. The molecule has 0 saturated heterocycles. The van der Waals surface area contributed by atoms with Gasteiger partial charge in [-0.25, -0.2) is 9.97 Å². The van der Waals surface area contributed by atoms with Crippen LogP contribution in [0.4, 0.5) is 17.2 Å². The minimum absolute atomic E-state index is 0.251. The second kappa shape index (κ2) is 7.54. The van der Waals surface area contributed by atoms with Crippen LogP contribution in [0.25, 0.3) is 0 Å². The maximum Gasteiger partial charge on any atom is 0.275 e. The molecule has 3 aromatic rings. The Morgan fingerprint density at radius 2 is 1.73 bits per heavy atom. The van der Waals surface area contributed by atoms with E-state index >= 15 is 0 Å². The summed E-state index contributed by atoms with van der Waals surface area (Å²) in [5, 5.41) is 6.64. The van der Waals surface area contributed by atoms with Gasteiger partial charge in [0.2, 0.25) is 0 Å². The zero-order valence-electron chi connectivity index (χ0n) is 14.8. The molecule has 6 heteroatoms. The summed E-state index contributed by atoms with van der Waals surface area (Å²) in [5.41, 5.74) is 5.06. The van der Waals surface area contributed by atoms with E-state index < -0.39 is 0 Å². The monoisotopic (exact) mass is 366 g/mol. The Kier molecular flexibility index (Phi) is 5.19. The maximum atomic E-state index is 12.5. The second-order valence-corrected chi connectivity index (χ2v) is 6.59. The number of hydrogen-bond acceptors (Lipinski definition) is 4. The van der Waals surface area contributed by atoms with E-state index in [1.807, 2.05) is 45.0 Å². The molecule has 0 aliphatic carbocycles. The summed E-state index contributed by atoms with van der Waals surface area (Å²) in [4.78, 5) is 20.9. The number of nitrogens with zero attached hydrogens (tertiary/aromatic N) is 2. The van der Waals surface area contributed by atoms with Crippen molar-refractivity contribution in [2.45, 2.75) is 20.8 Å². The van der Waals surface area contributed by atoms with E-state index in [2.05, 4.69) is 20.6 Å². The van der Waals surface area contributed by atoms with Crippen LogP contribution in [0.3, 0.4) is 0 Å². The third-order valence-electron chi connectivity index (χ3n) is 3.90. The standard InChI is InChI=1S/C20H19ClN4O/c1-12-7-13(2)19(14(3)8-12)25-20(26)17-10-23-18(11-22-17)24-16-6-4-5-15(21)9-16/h4-11H,1-3H3,(H,23,24)(H,25,26). The lowest BCUT2D eigenvalue weighted by Gasteiger charge is -2.12. The topological polar surface area (TPSA) is 66.9 Å². The average molecular weight is 367 g/mol. The Hall–Kier alpha value is -2.92. The van der Waals surface area contributed by atoms with Crippen molar-refractivity contribution in [3.63, 3.8) is 0 Å². The van der Waals surface area contributed by atoms with Gasteiger partial charge in [0.25, 0.3) is 5.91 Å². The van der Waals surface area contributed by atoms with Crippen molar-refractivity contribution in [1.29, 1.82) is 0 Å². The minimum atomic E-state index is -0.290. The van der Waals surface area contributed by atoms with Crippen LogP contribution >= 0.6 is 11.6 Å². The highest BCUT2D eigenvalue weighted by Crippen LogP contribution is 2.23. The van der Waals surface area contributed by atoms with E-state index in [0.717, 1.165) is 28.1 Å². The molecular formula is C20H19ClN4O. The molecule has 3 rings (SSSR count). The van der Waals surface area contributed by atoms with Crippen LogP contribution in [0, 0.1) is 20.8 Å². The Balaban J connectivity index is 1.73. The predicted molar refractivity (Wildman–Crippen MR) is 105 cm³/mol. The van der Waals surface area contributed by atoms with E-state index in [1.54, 1.807) is 12.1 Å². The molecule has 1 heterocycles. The van der Waals surface area contributed by atoms with Crippen molar-refractivity contribution in [1.82, 2.24) is 9.97 Å². The molecular weight excluding hydrogens is 348 g/mol. The molecule has 0 unspecified atom stereocenters. The van der Waals surface area contributed by atoms with Gasteiger partial charge >= 0.3 is 0 Å². The highest BCUT2D eigenvalue weighted by Gasteiger charge is 2.12. The van der Waals surface area contributed by atoms with Gasteiger partial charge in [-0.2, -0.15) is 0 Å². The number of aryl methyl sites for hydroxylation is 3. The van der Waals surface area contributed by atoms with Gasteiger partial charge in [-0.1, -0.05) is 35.4 Å². The normalized spacial score (nSPS) is 10.5. The molecule has 0 atom stereocenters. The molecule has 0 aliphatic rings. The Morgan fingerprint density at radius 3 is 2.35 bits per heavy atom. The number of anilines is 3. The van der Waals surface area contributed by atoms with E-state index in [0.29, 0.717) is 10.8 Å². The molecule has 2 aromatic carbocycles. The van der Waals surface area contributed by atoms with Gasteiger partial charge in [0.05, 0.1) is 12.4 Å². The smallest absolute Gasteiger partial charge is 0.275 e. The minimum Gasteiger partial charge on any atom is -0.339 e. The summed E-state index contributed by atoms with van der Waals surface area (Å²) in [6.45, 7) is 5.97. The van der Waals surface area contributed by atoms with Crippen molar-refractivity contribution < 1.29 is 4.79 Å². The van der Waals surface area contributed by atoms with Crippen LogP contribution in [-0.4, -0.2) is 15.9 Å². The summed E-state index contributed by atoms with van der Waals surface area (Å²) in [6, 6.07) is 11.4. The van der Waals surface area contributed by atoms with Crippen LogP contribution in [-0.2, 0) is 0 Å². The molecule has 0 aliphatic heterocycles. The highest BCUT2D eigenvalue weighted by molar-refractivity contribution is 6.30. The lowest BCUT2D eigenvalue weighted by atomic mass is 10.1. The summed E-state index contributed by atoms with van der Waals surface area (Å²) in [7, 11) is 0. The van der Waals surface area contributed by atoms with Crippen molar-refractivity contribution in [2.24, 2.45) is 0 Å². The van der Waals surface area contributed by atoms with E-state index in [4.69, 9.17) is 11.6 Å². The van der Waals surface area contributed by atoms with Gasteiger partial charge < -0.3 is 10.6 Å². The van der Waals surface area contributed by atoms with Crippen LogP contribution in [0.1, 0.15) is 27.2 Å². The van der Waals surface area contributed by atoms with Gasteiger partial charge in [0, 0.05) is 16.4 Å². The fourth-order valence-electron chi connectivity index (χ4n) is 2.78. The lowest BCUT2D eigenvalue weighted by Crippen LogP contribution is -2.16. The Bertz CT molecular complexity index is 931. The summed E-state index contributed by atoms with van der Waals surface area (Å²) in [6.07, 6.45) is 2.96. The van der Waals surface area contributed by atoms with Gasteiger partial charge in [-0.05, 0) is 50.1 Å². The third-order valence-corrected chi connectivity index (χ3v) is 4.13. The molecule has 1 aromatic heterocycles. The fraction of sp³-hybridized carbons (Fsp3) is 0.150. The summed E-state index contributed by atoms with van der Waals surface area (Å²) >= 11 is 5.96. The van der Waals surface area contributed by atoms with E-state index in [9.17, 15) is 4.79 Å². The van der Waals surface area contributed by atoms with Gasteiger partial charge in [0.1, 0.15) is 11.5 Å². The van der Waals surface area contributed by atoms with E-state index in [-0.39, 0.29) is 11.6 Å². The number of benzene rings is 2. The van der Waals surface area contributed by atoms with Crippen molar-refractivity contribution in [2.75, 3.05) is 10.6 Å². The van der Waals surface area contributed by atoms with Crippen LogP contribution < -0.4 is 10.6 Å². The van der Waals surface area contributed by atoms with Crippen molar-refractivity contribution in [3.8, 4) is 0 Å². The first kappa shape index (κ1) is 17.9. The predicted octanol–water partition coefficient (Wildman–Crippen LogP) is 5.05. The lowest BCUT2D eigenvalue weighted by molar-refractivity contribution is 0.102. The number of halogens is 1. The first-order chi connectivity index (χ1) is 12.4. The fourth-order valence-corrected chi connectivity index (χ4v) is 2.97. The number of carbonyl (C=O) groups excluding carboxylic acids is 1. The zero-order valence-corrected chi connectivity index (χ0v) is 15.6. The number of carbonyl (C=O) groups is 1. The number of rotatable bonds is 4. The molecule has 0 radical (unpaired) electrons. The van der Waals surface area contributed by atoms with Gasteiger partial charge in [0.15, 0.2) is 0 Å². The number of aromatic nitrogens is 2. The van der Waals surface area contributed by atoms with Crippen LogP contribution in [0.5, 0.6) is 0 Å². The summed E-state index contributed by atoms with van der Waals surface area (Å²) < 4.78 is 0. The largest absolute Gasteiger partial charge is 0.339 e. The molecule has 0 spiro atoms. The van der Waals surface area contributed by atoms with Gasteiger partial charge in [-0.15, -0.1) is 0 Å². The van der Waals surface area contributed by atoms with Crippen molar-refractivity contribution in [3.05, 3.63) is 76.2 Å². The third kappa shape index (κ3) is 4.18. The van der Waals surface area contributed by atoms with Crippen LogP contribution in [0.2, 0.25) is 5.02 Å². The Morgan fingerprint density at radius 1 is 1.00 bits per heavy atom. The first-order valence-corrected chi connectivity index (χ1v) is 8.54. The highest BCUT2D eigenvalue weighted by atomic mass is 35.5. The molecule has 1 amide bonds. The molecule has 132 valence electrons. The molecule has 0 saturated carbocycles. The average Bonchev–Trinajstić information content (AvgIpc) is 2.58. The Labute approximate surface area is 157 Å².